The van der Waals surface area contributed by atoms with Crippen molar-refractivity contribution in [2.45, 2.75) is 32.6 Å². The maximum atomic E-state index is 12.4. The molecule has 0 spiro atoms. The van der Waals surface area contributed by atoms with Crippen molar-refractivity contribution in [3.8, 4) is 21.8 Å². The highest BCUT2D eigenvalue weighted by atomic mass is 32.1. The van der Waals surface area contributed by atoms with Crippen molar-refractivity contribution in [1.29, 1.82) is 0 Å². The van der Waals surface area contributed by atoms with Gasteiger partial charge < -0.3 is 10.1 Å². The van der Waals surface area contributed by atoms with E-state index in [1.807, 2.05) is 36.2 Å². The molecule has 2 atom stereocenters. The third kappa shape index (κ3) is 4.92. The molecule has 0 aromatic carbocycles. The largest absolute Gasteiger partial charge is 0.373 e. The van der Waals surface area contributed by atoms with E-state index in [1.165, 1.54) is 0 Å². The third-order valence-corrected chi connectivity index (χ3v) is 5.82. The lowest BCUT2D eigenvalue weighted by Crippen LogP contribution is -2.49. The van der Waals surface area contributed by atoms with Crippen LogP contribution in [-0.4, -0.2) is 68.9 Å². The zero-order chi connectivity index (χ0) is 20.9. The highest BCUT2D eigenvalue weighted by Crippen LogP contribution is 2.33. The van der Waals surface area contributed by atoms with Gasteiger partial charge in [0.1, 0.15) is 0 Å². The Morgan fingerprint density at radius 3 is 2.80 bits per heavy atom. The molecule has 30 heavy (non-hydrogen) atoms. The smallest absolute Gasteiger partial charge is 0.234 e. The summed E-state index contributed by atoms with van der Waals surface area (Å²) in [5.74, 6) is 0.0234. The summed E-state index contributed by atoms with van der Waals surface area (Å²) in [5.41, 5.74) is 2.72. The quantitative estimate of drug-likeness (QED) is 0.624. The van der Waals surface area contributed by atoms with Crippen LogP contribution < -0.4 is 5.32 Å². The van der Waals surface area contributed by atoms with Crippen LogP contribution in [0.4, 0.5) is 0 Å². The van der Waals surface area contributed by atoms with Gasteiger partial charge in [0, 0.05) is 37.6 Å². The maximum Gasteiger partial charge on any atom is 0.234 e. The SMILES string of the molecule is C[C@H]1CN(CC(=O)NCCn2ncc(-c3cnccn3)c2-c2cccs2)C[C@H](C)O1. The van der Waals surface area contributed by atoms with E-state index in [-0.39, 0.29) is 18.1 Å². The van der Waals surface area contributed by atoms with Gasteiger partial charge in [-0.05, 0) is 25.3 Å². The summed E-state index contributed by atoms with van der Waals surface area (Å²) in [7, 11) is 0. The number of rotatable bonds is 7. The number of nitrogens with zero attached hydrogens (tertiary/aromatic N) is 5. The molecular weight excluding hydrogens is 400 g/mol. The molecule has 8 nitrogen and oxygen atoms in total. The van der Waals surface area contributed by atoms with E-state index in [1.54, 1.807) is 29.9 Å². The summed E-state index contributed by atoms with van der Waals surface area (Å²) in [6, 6.07) is 4.08. The standard InChI is InChI=1S/C21H26N6O2S/c1-15-12-26(13-16(2)29-15)14-20(28)24-7-8-27-21(19-4-3-9-30-19)17(10-25-27)18-11-22-5-6-23-18/h3-6,9-11,15-16H,7-8,12-14H2,1-2H3,(H,24,28)/t15-,16-/m0/s1. The van der Waals surface area contributed by atoms with Crippen molar-refractivity contribution < 1.29 is 9.53 Å². The molecular formula is C21H26N6O2S. The predicted octanol–water partition coefficient (Wildman–Crippen LogP) is 2.29. The van der Waals surface area contributed by atoms with E-state index in [2.05, 4.69) is 31.3 Å². The lowest BCUT2D eigenvalue weighted by atomic mass is 10.1. The highest BCUT2D eigenvalue weighted by Gasteiger charge is 2.23. The Hall–Kier alpha value is -2.62. The number of morpholine rings is 1. The summed E-state index contributed by atoms with van der Waals surface area (Å²) >= 11 is 1.65. The van der Waals surface area contributed by atoms with Crippen molar-refractivity contribution in [1.82, 2.24) is 30.0 Å². The second kappa shape index (κ2) is 9.46. The van der Waals surface area contributed by atoms with Gasteiger partial charge >= 0.3 is 0 Å². The Morgan fingerprint density at radius 2 is 2.10 bits per heavy atom. The number of carbonyl (C=O) groups is 1. The molecule has 1 fully saturated rings. The maximum absolute atomic E-state index is 12.4. The fourth-order valence-corrected chi connectivity index (χ4v) is 4.62. The van der Waals surface area contributed by atoms with Crippen LogP contribution in [0.25, 0.3) is 21.8 Å². The van der Waals surface area contributed by atoms with Crippen LogP contribution >= 0.6 is 11.3 Å². The fourth-order valence-electron chi connectivity index (χ4n) is 3.83. The Labute approximate surface area is 179 Å². The van der Waals surface area contributed by atoms with Gasteiger partial charge in [-0.15, -0.1) is 11.3 Å². The van der Waals surface area contributed by atoms with Crippen molar-refractivity contribution in [2.24, 2.45) is 0 Å². The van der Waals surface area contributed by atoms with Crippen molar-refractivity contribution >= 4 is 17.2 Å². The minimum atomic E-state index is 0.0234. The minimum Gasteiger partial charge on any atom is -0.373 e. The lowest BCUT2D eigenvalue weighted by molar-refractivity contribution is -0.126. The predicted molar refractivity (Wildman–Crippen MR) is 116 cm³/mol. The average Bonchev–Trinajstić information content (AvgIpc) is 3.37. The van der Waals surface area contributed by atoms with Gasteiger partial charge in [-0.25, -0.2) is 0 Å². The van der Waals surface area contributed by atoms with Gasteiger partial charge in [0.25, 0.3) is 0 Å². The number of hydrogen-bond donors (Lipinski definition) is 1. The van der Waals surface area contributed by atoms with E-state index in [0.29, 0.717) is 19.6 Å². The molecule has 3 aromatic heterocycles. The van der Waals surface area contributed by atoms with Gasteiger partial charge in [0.15, 0.2) is 0 Å². The average molecular weight is 427 g/mol. The molecule has 1 amide bonds. The molecule has 9 heteroatoms. The second-order valence-electron chi connectivity index (χ2n) is 7.50. The van der Waals surface area contributed by atoms with Gasteiger partial charge in [0.05, 0.1) is 54.0 Å². The molecule has 0 unspecified atom stereocenters. The summed E-state index contributed by atoms with van der Waals surface area (Å²) in [6.45, 7) is 7.11. The summed E-state index contributed by atoms with van der Waals surface area (Å²) < 4.78 is 7.66. The zero-order valence-electron chi connectivity index (χ0n) is 17.2. The van der Waals surface area contributed by atoms with Crippen LogP contribution in [0, 0.1) is 0 Å². The molecule has 0 radical (unpaired) electrons. The number of hydrogen-bond acceptors (Lipinski definition) is 7. The normalized spacial score (nSPS) is 19.7. The Morgan fingerprint density at radius 1 is 1.27 bits per heavy atom. The van der Waals surface area contributed by atoms with Crippen LogP contribution in [0.1, 0.15) is 13.8 Å². The van der Waals surface area contributed by atoms with Crippen molar-refractivity contribution in [3.63, 3.8) is 0 Å². The topological polar surface area (TPSA) is 85.2 Å². The van der Waals surface area contributed by atoms with E-state index >= 15 is 0 Å². The van der Waals surface area contributed by atoms with Crippen molar-refractivity contribution in [2.75, 3.05) is 26.2 Å². The first-order valence-electron chi connectivity index (χ1n) is 10.1. The van der Waals surface area contributed by atoms with Crippen LogP contribution in [0.5, 0.6) is 0 Å². The number of nitrogens with one attached hydrogen (secondary N) is 1. The molecule has 1 aliphatic rings. The number of aromatic nitrogens is 4. The Kier molecular flexibility index (Phi) is 6.51. The number of carbonyl (C=O) groups excluding carboxylic acids is 1. The molecule has 158 valence electrons. The summed E-state index contributed by atoms with van der Waals surface area (Å²) in [5, 5.41) is 9.62. The molecule has 1 N–H and O–H groups in total. The zero-order valence-corrected chi connectivity index (χ0v) is 18.0. The molecule has 0 bridgehead atoms. The Bertz CT molecular complexity index is 949. The van der Waals surface area contributed by atoms with E-state index in [0.717, 1.165) is 34.9 Å². The van der Waals surface area contributed by atoms with Gasteiger partial charge in [-0.3, -0.25) is 24.3 Å². The molecule has 4 heterocycles. The Balaban J connectivity index is 1.40. The summed E-state index contributed by atoms with van der Waals surface area (Å²) in [4.78, 5) is 24.3. The van der Waals surface area contributed by atoms with Gasteiger partial charge in [-0.2, -0.15) is 5.10 Å². The highest BCUT2D eigenvalue weighted by molar-refractivity contribution is 7.13. The second-order valence-corrected chi connectivity index (χ2v) is 8.45. The van der Waals surface area contributed by atoms with Crippen LogP contribution in [0.15, 0.2) is 42.3 Å². The van der Waals surface area contributed by atoms with Gasteiger partial charge in [0.2, 0.25) is 5.91 Å². The van der Waals surface area contributed by atoms with E-state index in [9.17, 15) is 4.79 Å². The monoisotopic (exact) mass is 426 g/mol. The molecule has 1 aliphatic heterocycles. The molecule has 0 saturated carbocycles. The fraction of sp³-hybridized carbons (Fsp3) is 0.429. The van der Waals surface area contributed by atoms with Crippen LogP contribution in [0.2, 0.25) is 0 Å². The van der Waals surface area contributed by atoms with Crippen LogP contribution in [0.3, 0.4) is 0 Å². The molecule has 1 saturated heterocycles. The molecule has 0 aliphatic carbocycles. The van der Waals surface area contributed by atoms with Crippen molar-refractivity contribution in [3.05, 3.63) is 42.3 Å². The summed E-state index contributed by atoms with van der Waals surface area (Å²) in [6.07, 6.45) is 7.20. The molecule has 4 rings (SSSR count). The van der Waals surface area contributed by atoms with E-state index < -0.39 is 0 Å². The third-order valence-electron chi connectivity index (χ3n) is 4.94. The number of amides is 1. The van der Waals surface area contributed by atoms with E-state index in [4.69, 9.17) is 4.74 Å². The first kappa shape index (κ1) is 20.6. The van der Waals surface area contributed by atoms with Crippen LogP contribution in [-0.2, 0) is 16.1 Å². The first-order valence-corrected chi connectivity index (χ1v) is 11.0. The molecule has 3 aromatic rings. The number of thiophene rings is 1. The lowest BCUT2D eigenvalue weighted by Gasteiger charge is -2.34. The number of ether oxygens (including phenoxy) is 1. The minimum absolute atomic E-state index is 0.0234. The first-order chi connectivity index (χ1) is 14.6. The van der Waals surface area contributed by atoms with Gasteiger partial charge in [-0.1, -0.05) is 6.07 Å².